The highest BCUT2D eigenvalue weighted by Gasteiger charge is 2.45. The van der Waals surface area contributed by atoms with Gasteiger partial charge in [0.05, 0.1) is 0 Å². The minimum atomic E-state index is -1.10. The van der Waals surface area contributed by atoms with Crippen molar-refractivity contribution in [2.75, 3.05) is 36.0 Å². The first kappa shape index (κ1) is 19.4. The lowest BCUT2D eigenvalue weighted by molar-refractivity contribution is -0.147. The van der Waals surface area contributed by atoms with Crippen LogP contribution in [0, 0.1) is 5.41 Å². The van der Waals surface area contributed by atoms with Gasteiger partial charge < -0.3 is 14.7 Å². The summed E-state index contributed by atoms with van der Waals surface area (Å²) in [6.45, 7) is 8.19. The van der Waals surface area contributed by atoms with E-state index in [1.165, 1.54) is 5.56 Å². The van der Waals surface area contributed by atoms with Crippen molar-refractivity contribution in [1.82, 2.24) is 9.88 Å². The summed E-state index contributed by atoms with van der Waals surface area (Å²) in [4.78, 5) is 37.0. The number of hydrogen-bond acceptors (Lipinski definition) is 4. The van der Waals surface area contributed by atoms with Crippen molar-refractivity contribution in [2.45, 2.75) is 33.2 Å². The molecule has 0 saturated carbocycles. The molecule has 6 nitrogen and oxygen atoms in total. The van der Waals surface area contributed by atoms with Gasteiger partial charge in [-0.2, -0.15) is 0 Å². The van der Waals surface area contributed by atoms with Crippen LogP contribution < -0.4 is 9.80 Å². The van der Waals surface area contributed by atoms with Gasteiger partial charge in [-0.1, -0.05) is 24.3 Å². The maximum atomic E-state index is 13.5. The number of benzene rings is 1. The molecule has 1 aromatic carbocycles. The number of carbonyl (C=O) groups is 2. The molecule has 6 heteroatoms. The minimum Gasteiger partial charge on any atom is -0.353 e. The van der Waals surface area contributed by atoms with E-state index in [1.807, 2.05) is 53.1 Å². The van der Waals surface area contributed by atoms with Crippen molar-refractivity contribution in [3.05, 3.63) is 54.2 Å². The van der Waals surface area contributed by atoms with Gasteiger partial charge in [0, 0.05) is 44.1 Å². The van der Waals surface area contributed by atoms with Crippen LogP contribution in [0.3, 0.4) is 0 Å². The van der Waals surface area contributed by atoms with Gasteiger partial charge in [-0.05, 0) is 51.0 Å². The molecule has 4 rings (SSSR count). The predicted octanol–water partition coefficient (Wildman–Crippen LogP) is 2.73. The van der Waals surface area contributed by atoms with Crippen molar-refractivity contribution in [1.29, 1.82) is 0 Å². The Hall–Kier alpha value is -2.89. The van der Waals surface area contributed by atoms with Crippen LogP contribution in [-0.2, 0) is 16.0 Å². The normalized spacial score (nSPS) is 19.3. The first-order chi connectivity index (χ1) is 13.9. The summed E-state index contributed by atoms with van der Waals surface area (Å²) in [5, 5.41) is 0. The molecule has 1 fully saturated rings. The van der Waals surface area contributed by atoms with E-state index in [4.69, 9.17) is 0 Å². The van der Waals surface area contributed by atoms with E-state index in [-0.39, 0.29) is 17.9 Å². The lowest BCUT2D eigenvalue weighted by atomic mass is 9.88. The highest BCUT2D eigenvalue weighted by molar-refractivity contribution is 6.12. The molecule has 152 valence electrons. The number of anilines is 2. The van der Waals surface area contributed by atoms with Gasteiger partial charge in [0.2, 0.25) is 11.8 Å². The maximum Gasteiger partial charge on any atom is 0.242 e. The molecule has 0 spiro atoms. The van der Waals surface area contributed by atoms with E-state index in [9.17, 15) is 9.59 Å². The van der Waals surface area contributed by atoms with Crippen LogP contribution in [0.5, 0.6) is 0 Å². The van der Waals surface area contributed by atoms with Crippen molar-refractivity contribution < 1.29 is 9.59 Å². The third-order valence-corrected chi connectivity index (χ3v) is 6.04. The SMILES string of the molecule is CC1Cc2ccccc2N1C(=O)C(C)(C)C(=O)N1CCN(c2ccccn2)CC1. The summed E-state index contributed by atoms with van der Waals surface area (Å²) in [5.41, 5.74) is 1.00. The van der Waals surface area contributed by atoms with Crippen LogP contribution in [-0.4, -0.2) is 53.9 Å². The molecule has 2 aromatic rings. The van der Waals surface area contributed by atoms with Crippen LogP contribution in [0.1, 0.15) is 26.3 Å². The number of aromatic nitrogens is 1. The second-order valence-electron chi connectivity index (χ2n) is 8.45. The molecule has 0 bridgehead atoms. The Kier molecular flexibility index (Phi) is 5.03. The smallest absolute Gasteiger partial charge is 0.242 e. The average Bonchev–Trinajstić information content (AvgIpc) is 3.09. The quantitative estimate of drug-likeness (QED) is 0.754. The fraction of sp³-hybridized carbons (Fsp3) is 0.435. The van der Waals surface area contributed by atoms with Gasteiger partial charge >= 0.3 is 0 Å². The van der Waals surface area contributed by atoms with Crippen LogP contribution >= 0.6 is 0 Å². The largest absolute Gasteiger partial charge is 0.353 e. The third-order valence-electron chi connectivity index (χ3n) is 6.04. The number of piperazine rings is 1. The van der Waals surface area contributed by atoms with Gasteiger partial charge in [-0.25, -0.2) is 4.98 Å². The number of carbonyl (C=O) groups excluding carboxylic acids is 2. The monoisotopic (exact) mass is 392 g/mol. The van der Waals surface area contributed by atoms with Crippen molar-refractivity contribution in [2.24, 2.45) is 5.41 Å². The molecule has 29 heavy (non-hydrogen) atoms. The lowest BCUT2D eigenvalue weighted by Crippen LogP contribution is -2.56. The van der Waals surface area contributed by atoms with Gasteiger partial charge in [-0.3, -0.25) is 9.59 Å². The van der Waals surface area contributed by atoms with Crippen molar-refractivity contribution in [3.8, 4) is 0 Å². The number of rotatable bonds is 3. The van der Waals surface area contributed by atoms with Gasteiger partial charge in [0.1, 0.15) is 11.2 Å². The standard InChI is InChI=1S/C23H28N4O2/c1-17-16-18-8-4-5-9-19(18)27(17)22(29)23(2,3)21(28)26-14-12-25(13-15-26)20-10-6-7-11-24-20/h4-11,17H,12-16H2,1-3H3. The zero-order chi connectivity index (χ0) is 20.6. The number of fused-ring (bicyclic) bond motifs is 1. The van der Waals surface area contributed by atoms with Gasteiger partial charge in [-0.15, -0.1) is 0 Å². The second kappa shape index (κ2) is 7.50. The number of pyridine rings is 1. The fourth-order valence-electron chi connectivity index (χ4n) is 4.34. The Morgan fingerprint density at radius 1 is 0.966 bits per heavy atom. The van der Waals surface area contributed by atoms with E-state index in [0.717, 1.165) is 31.0 Å². The number of amides is 2. The maximum absolute atomic E-state index is 13.5. The molecule has 2 aliphatic rings. The highest BCUT2D eigenvalue weighted by Crippen LogP contribution is 2.36. The number of para-hydroxylation sites is 1. The van der Waals surface area contributed by atoms with Gasteiger partial charge in [0.15, 0.2) is 0 Å². The predicted molar refractivity (Wildman–Crippen MR) is 114 cm³/mol. The number of hydrogen-bond donors (Lipinski definition) is 0. The van der Waals surface area contributed by atoms with Crippen molar-refractivity contribution >= 4 is 23.3 Å². The Balaban J connectivity index is 1.46. The molecule has 1 unspecified atom stereocenters. The highest BCUT2D eigenvalue weighted by atomic mass is 16.2. The molecule has 1 aromatic heterocycles. The zero-order valence-corrected chi connectivity index (χ0v) is 17.3. The Morgan fingerprint density at radius 2 is 1.66 bits per heavy atom. The lowest BCUT2D eigenvalue weighted by Gasteiger charge is -2.40. The minimum absolute atomic E-state index is 0.0629. The van der Waals surface area contributed by atoms with Crippen LogP contribution in [0.25, 0.3) is 0 Å². The molecule has 1 saturated heterocycles. The fourth-order valence-corrected chi connectivity index (χ4v) is 4.34. The third kappa shape index (κ3) is 3.48. The van der Waals surface area contributed by atoms with E-state index in [2.05, 4.69) is 16.0 Å². The molecule has 3 heterocycles. The summed E-state index contributed by atoms with van der Waals surface area (Å²) in [6.07, 6.45) is 2.61. The zero-order valence-electron chi connectivity index (χ0n) is 17.3. The molecule has 0 aliphatic carbocycles. The molecule has 1 atom stereocenters. The first-order valence-corrected chi connectivity index (χ1v) is 10.3. The molecule has 2 aliphatic heterocycles. The number of nitrogens with zero attached hydrogens (tertiary/aromatic N) is 4. The summed E-state index contributed by atoms with van der Waals surface area (Å²) in [5.74, 6) is 0.712. The Morgan fingerprint density at radius 3 is 2.34 bits per heavy atom. The first-order valence-electron chi connectivity index (χ1n) is 10.3. The molecule has 0 radical (unpaired) electrons. The average molecular weight is 393 g/mol. The second-order valence-corrected chi connectivity index (χ2v) is 8.45. The molecule has 2 amide bonds. The molecular weight excluding hydrogens is 364 g/mol. The van der Waals surface area contributed by atoms with Crippen molar-refractivity contribution in [3.63, 3.8) is 0 Å². The summed E-state index contributed by atoms with van der Waals surface area (Å²) < 4.78 is 0. The Bertz CT molecular complexity index is 904. The molecule has 0 N–H and O–H groups in total. The molecular formula is C23H28N4O2. The van der Waals surface area contributed by atoms with E-state index in [0.29, 0.717) is 13.1 Å². The van der Waals surface area contributed by atoms with E-state index < -0.39 is 5.41 Å². The van der Waals surface area contributed by atoms with Gasteiger partial charge in [0.25, 0.3) is 0 Å². The van der Waals surface area contributed by atoms with E-state index in [1.54, 1.807) is 20.0 Å². The topological polar surface area (TPSA) is 56.8 Å². The van der Waals surface area contributed by atoms with Crippen LogP contribution in [0.4, 0.5) is 11.5 Å². The summed E-state index contributed by atoms with van der Waals surface area (Å²) in [6, 6.07) is 13.9. The Labute approximate surface area is 172 Å². The summed E-state index contributed by atoms with van der Waals surface area (Å²) >= 11 is 0. The van der Waals surface area contributed by atoms with E-state index >= 15 is 0 Å². The van der Waals surface area contributed by atoms with Crippen LogP contribution in [0.15, 0.2) is 48.7 Å². The summed E-state index contributed by atoms with van der Waals surface area (Å²) in [7, 11) is 0. The van der Waals surface area contributed by atoms with Crippen LogP contribution in [0.2, 0.25) is 0 Å².